The van der Waals surface area contributed by atoms with Crippen LogP contribution in [0.4, 0.5) is 0 Å². The molecule has 1 aromatic heterocycles. The minimum absolute atomic E-state index is 0.0185. The largest absolute Gasteiger partial charge is 0.508 e. The van der Waals surface area contributed by atoms with Gasteiger partial charge in [-0.1, -0.05) is 48.5 Å². The van der Waals surface area contributed by atoms with Crippen molar-refractivity contribution in [2.45, 2.75) is 75.4 Å². The zero-order valence-corrected chi connectivity index (χ0v) is 24.0. The van der Waals surface area contributed by atoms with E-state index in [1.807, 2.05) is 4.90 Å². The number of rotatable bonds is 6. The van der Waals surface area contributed by atoms with Crippen molar-refractivity contribution >= 4 is 16.9 Å². The second-order valence-corrected chi connectivity index (χ2v) is 12.5. The molecule has 6 nitrogen and oxygen atoms in total. The highest BCUT2D eigenvalue weighted by Crippen LogP contribution is 2.45. The molecule has 4 heterocycles. The normalized spacial score (nSPS) is 24.1. The van der Waals surface area contributed by atoms with E-state index in [9.17, 15) is 9.90 Å². The summed E-state index contributed by atoms with van der Waals surface area (Å²) in [6.45, 7) is 4.76. The Balaban J connectivity index is 1.06. The van der Waals surface area contributed by atoms with Gasteiger partial charge in [-0.15, -0.1) is 0 Å². The lowest BCUT2D eigenvalue weighted by molar-refractivity contribution is 0.0606. The molecule has 2 bridgehead atoms. The molecule has 0 radical (unpaired) electrons. The van der Waals surface area contributed by atoms with Crippen molar-refractivity contribution in [3.63, 3.8) is 0 Å². The third kappa shape index (κ3) is 4.82. The number of imidazole rings is 1. The number of fused-ring (bicyclic) bond motifs is 3. The summed E-state index contributed by atoms with van der Waals surface area (Å²) in [6, 6.07) is 28.1. The molecule has 41 heavy (non-hydrogen) atoms. The van der Waals surface area contributed by atoms with Gasteiger partial charge in [0.05, 0.1) is 11.0 Å². The molecule has 1 amide bonds. The zero-order valence-electron chi connectivity index (χ0n) is 24.0. The van der Waals surface area contributed by atoms with E-state index >= 15 is 0 Å². The van der Waals surface area contributed by atoms with Crippen LogP contribution in [-0.4, -0.2) is 62.1 Å². The Kier molecular flexibility index (Phi) is 6.82. The van der Waals surface area contributed by atoms with Crippen LogP contribution in [0.2, 0.25) is 0 Å². The number of nitrogens with zero attached hydrogens (tertiary/aromatic N) is 4. The van der Waals surface area contributed by atoms with Crippen LogP contribution in [0.3, 0.4) is 0 Å². The number of para-hydroxylation sites is 2. The van der Waals surface area contributed by atoms with Gasteiger partial charge >= 0.3 is 0 Å². The van der Waals surface area contributed by atoms with Crippen LogP contribution < -0.4 is 0 Å². The Morgan fingerprint density at radius 3 is 2.34 bits per heavy atom. The standard InChI is InChI=1S/C35H40N4O2/c1-25-36-32-12-5-6-13-33(32)39(25)30-23-28-14-15-29(24-30)38(28)21-18-35(27-9-3-2-4-10-27)16-19-37(20-17-35)34(41)26-8-7-11-31(40)22-26/h2-13,22,28-30,40H,14-21,23-24H2,1H3. The topological polar surface area (TPSA) is 61.6 Å². The fraction of sp³-hybridized carbons (Fsp3) is 0.429. The van der Waals surface area contributed by atoms with Gasteiger partial charge in [0, 0.05) is 36.8 Å². The van der Waals surface area contributed by atoms with Gasteiger partial charge in [0.1, 0.15) is 11.6 Å². The van der Waals surface area contributed by atoms with Crippen LogP contribution in [0.25, 0.3) is 11.0 Å². The maximum atomic E-state index is 13.2. The highest BCUT2D eigenvalue weighted by Gasteiger charge is 2.44. The first kappa shape index (κ1) is 26.3. The van der Waals surface area contributed by atoms with E-state index < -0.39 is 0 Å². The van der Waals surface area contributed by atoms with Crippen LogP contribution >= 0.6 is 0 Å². The number of piperidine rings is 2. The summed E-state index contributed by atoms with van der Waals surface area (Å²) in [4.78, 5) is 22.9. The van der Waals surface area contributed by atoms with Crippen molar-refractivity contribution in [3.05, 3.63) is 95.8 Å². The third-order valence-corrected chi connectivity index (χ3v) is 10.3. The third-order valence-electron chi connectivity index (χ3n) is 10.3. The van der Waals surface area contributed by atoms with Gasteiger partial charge in [0.2, 0.25) is 0 Å². The van der Waals surface area contributed by atoms with E-state index in [1.165, 1.54) is 36.8 Å². The van der Waals surface area contributed by atoms with Crippen LogP contribution in [0.15, 0.2) is 78.9 Å². The molecule has 3 fully saturated rings. The van der Waals surface area contributed by atoms with Gasteiger partial charge in [0.15, 0.2) is 0 Å². The Morgan fingerprint density at radius 2 is 1.61 bits per heavy atom. The van der Waals surface area contributed by atoms with E-state index in [0.29, 0.717) is 23.7 Å². The number of hydrogen-bond donors (Lipinski definition) is 1. The highest BCUT2D eigenvalue weighted by atomic mass is 16.3. The number of benzene rings is 3. The molecular weight excluding hydrogens is 508 g/mol. The minimum Gasteiger partial charge on any atom is -0.508 e. The van der Waals surface area contributed by atoms with E-state index in [0.717, 1.165) is 50.2 Å². The fourth-order valence-electron chi connectivity index (χ4n) is 8.22. The Morgan fingerprint density at radius 1 is 0.902 bits per heavy atom. The van der Waals surface area contributed by atoms with Crippen LogP contribution in [0.5, 0.6) is 5.75 Å². The molecule has 3 saturated heterocycles. The molecular formula is C35H40N4O2. The Bertz CT molecular complexity index is 1520. The molecule has 2 unspecified atom stereocenters. The number of aromatic nitrogens is 2. The molecule has 212 valence electrons. The summed E-state index contributed by atoms with van der Waals surface area (Å²) in [5, 5.41) is 9.88. The monoisotopic (exact) mass is 548 g/mol. The van der Waals surface area contributed by atoms with Crippen LogP contribution in [0.1, 0.15) is 72.7 Å². The number of amides is 1. The maximum Gasteiger partial charge on any atom is 0.253 e. The first-order chi connectivity index (χ1) is 20.0. The van der Waals surface area contributed by atoms with Crippen LogP contribution in [-0.2, 0) is 5.41 Å². The Labute approximate surface area is 242 Å². The van der Waals surface area contributed by atoms with Gasteiger partial charge in [-0.2, -0.15) is 0 Å². The summed E-state index contributed by atoms with van der Waals surface area (Å²) in [7, 11) is 0. The number of phenols is 1. The predicted molar refractivity (Wildman–Crippen MR) is 162 cm³/mol. The number of aryl methyl sites for hydroxylation is 1. The van der Waals surface area contributed by atoms with Gasteiger partial charge in [0.25, 0.3) is 5.91 Å². The summed E-state index contributed by atoms with van der Waals surface area (Å²) >= 11 is 0. The predicted octanol–water partition coefficient (Wildman–Crippen LogP) is 6.48. The minimum atomic E-state index is 0.0185. The SMILES string of the molecule is Cc1nc2ccccc2n1C1CC2CCC(C1)N2CCC1(c2ccccc2)CCN(C(=O)c2cccc(O)c2)CC1. The lowest BCUT2D eigenvalue weighted by Gasteiger charge is -2.45. The first-order valence-electron chi connectivity index (χ1n) is 15.3. The number of aromatic hydroxyl groups is 1. The molecule has 3 aromatic carbocycles. The van der Waals surface area contributed by atoms with Crippen molar-refractivity contribution in [1.29, 1.82) is 0 Å². The quantitative estimate of drug-likeness (QED) is 0.300. The first-order valence-corrected chi connectivity index (χ1v) is 15.3. The Hall–Kier alpha value is -3.64. The number of phenolic OH excluding ortho intramolecular Hbond substituents is 1. The second-order valence-electron chi connectivity index (χ2n) is 12.5. The molecule has 4 aromatic rings. The molecule has 6 heteroatoms. The molecule has 0 saturated carbocycles. The molecule has 0 spiro atoms. The number of carbonyl (C=O) groups is 1. The smallest absolute Gasteiger partial charge is 0.253 e. The van der Waals surface area contributed by atoms with E-state index in [-0.39, 0.29) is 17.1 Å². The maximum absolute atomic E-state index is 13.2. The van der Waals surface area contributed by atoms with Crippen molar-refractivity contribution in [2.24, 2.45) is 0 Å². The van der Waals surface area contributed by atoms with Crippen molar-refractivity contribution < 1.29 is 9.90 Å². The number of hydrogen-bond acceptors (Lipinski definition) is 4. The zero-order chi connectivity index (χ0) is 28.0. The van der Waals surface area contributed by atoms with E-state index in [2.05, 4.69) is 71.0 Å². The molecule has 7 rings (SSSR count). The van der Waals surface area contributed by atoms with E-state index in [1.54, 1.807) is 24.3 Å². The summed E-state index contributed by atoms with van der Waals surface area (Å²) in [5.74, 6) is 1.30. The number of likely N-dealkylation sites (tertiary alicyclic amines) is 1. The molecule has 3 aliphatic rings. The van der Waals surface area contributed by atoms with E-state index in [4.69, 9.17) is 4.98 Å². The molecule has 0 aliphatic carbocycles. The summed E-state index contributed by atoms with van der Waals surface area (Å²) in [5.41, 5.74) is 4.44. The van der Waals surface area contributed by atoms with Crippen LogP contribution in [0, 0.1) is 6.92 Å². The summed E-state index contributed by atoms with van der Waals surface area (Å²) in [6.07, 6.45) is 8.02. The number of carbonyl (C=O) groups excluding carboxylic acids is 1. The average Bonchev–Trinajstić information content (AvgIpc) is 3.46. The molecule has 3 aliphatic heterocycles. The van der Waals surface area contributed by atoms with Gasteiger partial charge in [-0.05, 0) is 99.7 Å². The summed E-state index contributed by atoms with van der Waals surface area (Å²) < 4.78 is 2.52. The van der Waals surface area contributed by atoms with Gasteiger partial charge in [-0.25, -0.2) is 4.98 Å². The highest BCUT2D eigenvalue weighted by molar-refractivity contribution is 5.94. The van der Waals surface area contributed by atoms with Crippen molar-refractivity contribution in [1.82, 2.24) is 19.4 Å². The van der Waals surface area contributed by atoms with Gasteiger partial charge in [-0.3, -0.25) is 9.69 Å². The lowest BCUT2D eigenvalue weighted by atomic mass is 9.70. The van der Waals surface area contributed by atoms with Crippen molar-refractivity contribution in [2.75, 3.05) is 19.6 Å². The van der Waals surface area contributed by atoms with Gasteiger partial charge < -0.3 is 14.6 Å². The molecule has 1 N–H and O–H groups in total. The average molecular weight is 549 g/mol. The van der Waals surface area contributed by atoms with Crippen molar-refractivity contribution in [3.8, 4) is 5.75 Å². The molecule has 2 atom stereocenters. The lowest BCUT2D eigenvalue weighted by Crippen LogP contribution is -2.49. The fourth-order valence-corrected chi connectivity index (χ4v) is 8.22. The second kappa shape index (κ2) is 10.6.